The Kier molecular flexibility index (Phi) is 8.53. The molecule has 1 N–H and O–H groups in total. The van der Waals surface area contributed by atoms with E-state index in [0.29, 0.717) is 22.8 Å². The maximum Gasteiger partial charge on any atom is 0.339 e. The van der Waals surface area contributed by atoms with Crippen LogP contribution in [0.1, 0.15) is 43.1 Å². The van der Waals surface area contributed by atoms with Gasteiger partial charge in [0, 0.05) is 25.2 Å². The number of rotatable bonds is 9. The Bertz CT molecular complexity index is 1290. The van der Waals surface area contributed by atoms with E-state index in [-0.39, 0.29) is 28.5 Å². The molecule has 9 heteroatoms. The highest BCUT2D eigenvalue weighted by atomic mass is 35.5. The number of hydrogen-bond donors (Lipinski definition) is 1. The summed E-state index contributed by atoms with van der Waals surface area (Å²) in [6, 6.07) is 19.1. The van der Waals surface area contributed by atoms with Crippen molar-refractivity contribution in [2.45, 2.75) is 44.7 Å². The highest BCUT2D eigenvalue weighted by Gasteiger charge is 2.23. The normalized spacial score (nSPS) is 12.0. The van der Waals surface area contributed by atoms with Gasteiger partial charge in [0.15, 0.2) is 0 Å². The van der Waals surface area contributed by atoms with E-state index in [1.165, 1.54) is 31.2 Å². The van der Waals surface area contributed by atoms with Gasteiger partial charge in [-0.25, -0.2) is 0 Å². The summed E-state index contributed by atoms with van der Waals surface area (Å²) in [6.45, 7) is 5.67. The standard InChI is InChI=1S/C26H27ClN2O5S/c1-4-18(2)29(26(31)24-7-5-6-8-25(24)27)17-20-9-13-22(14-10-20)34-35(32,33)23-15-11-21(12-16-23)28-19(3)30/h5-16,18H,4,17H2,1-3H3,(H,28,30). The number of nitrogens with zero attached hydrogens (tertiary/aromatic N) is 1. The van der Waals surface area contributed by atoms with Gasteiger partial charge in [-0.3, -0.25) is 9.59 Å². The maximum atomic E-state index is 13.2. The molecule has 7 nitrogen and oxygen atoms in total. The number of carbonyl (C=O) groups is 2. The third-order valence-electron chi connectivity index (χ3n) is 5.43. The summed E-state index contributed by atoms with van der Waals surface area (Å²) in [6.07, 6.45) is 0.760. The van der Waals surface area contributed by atoms with Crippen molar-refractivity contribution in [3.05, 3.63) is 88.9 Å². The Balaban J connectivity index is 1.74. The molecule has 0 radical (unpaired) electrons. The summed E-state index contributed by atoms with van der Waals surface area (Å²) >= 11 is 6.24. The average molecular weight is 515 g/mol. The summed E-state index contributed by atoms with van der Waals surface area (Å²) in [5.74, 6) is -0.278. The van der Waals surface area contributed by atoms with Gasteiger partial charge in [0.05, 0.1) is 10.6 Å². The smallest absolute Gasteiger partial charge is 0.339 e. The predicted octanol–water partition coefficient (Wildman–Crippen LogP) is 5.51. The second kappa shape index (κ2) is 11.4. The molecule has 3 rings (SSSR count). The highest BCUT2D eigenvalue weighted by Crippen LogP contribution is 2.24. The summed E-state index contributed by atoms with van der Waals surface area (Å²) in [7, 11) is -4.06. The van der Waals surface area contributed by atoms with Crippen molar-refractivity contribution >= 4 is 39.2 Å². The number of halogens is 1. The topological polar surface area (TPSA) is 92.8 Å². The number of benzene rings is 3. The van der Waals surface area contributed by atoms with E-state index >= 15 is 0 Å². The van der Waals surface area contributed by atoms with Gasteiger partial charge in [0.1, 0.15) is 10.6 Å². The molecule has 184 valence electrons. The molecule has 0 fully saturated rings. The summed E-state index contributed by atoms with van der Waals surface area (Å²) in [4.78, 5) is 26.0. The fraction of sp³-hybridized carbons (Fsp3) is 0.231. The molecule has 0 spiro atoms. The minimum Gasteiger partial charge on any atom is -0.379 e. The minimum absolute atomic E-state index is 0.0319. The molecule has 0 aromatic heterocycles. The molecule has 0 bridgehead atoms. The molecular formula is C26H27ClN2O5S. The first kappa shape index (κ1) is 26.2. The van der Waals surface area contributed by atoms with Gasteiger partial charge in [0.2, 0.25) is 5.91 Å². The van der Waals surface area contributed by atoms with Crippen LogP contribution in [-0.4, -0.2) is 31.2 Å². The Morgan fingerprint density at radius 1 is 1.00 bits per heavy atom. The molecule has 0 aliphatic heterocycles. The van der Waals surface area contributed by atoms with E-state index in [9.17, 15) is 18.0 Å². The number of hydrogen-bond acceptors (Lipinski definition) is 5. The highest BCUT2D eigenvalue weighted by molar-refractivity contribution is 7.87. The van der Waals surface area contributed by atoms with Crippen LogP contribution in [0.25, 0.3) is 0 Å². The maximum absolute atomic E-state index is 13.2. The monoisotopic (exact) mass is 514 g/mol. The Labute approximate surface area is 210 Å². The minimum atomic E-state index is -4.06. The molecule has 3 aromatic rings. The Morgan fingerprint density at radius 3 is 2.20 bits per heavy atom. The van der Waals surface area contributed by atoms with Crippen LogP contribution < -0.4 is 9.50 Å². The molecule has 0 heterocycles. The predicted molar refractivity (Wildman–Crippen MR) is 136 cm³/mol. The number of anilines is 1. The zero-order chi connectivity index (χ0) is 25.6. The van der Waals surface area contributed by atoms with Gasteiger partial charge < -0.3 is 14.4 Å². The zero-order valence-corrected chi connectivity index (χ0v) is 21.3. The SMILES string of the molecule is CCC(C)N(Cc1ccc(OS(=O)(=O)c2ccc(NC(C)=O)cc2)cc1)C(=O)c1ccccc1Cl. The van der Waals surface area contributed by atoms with Crippen molar-refractivity contribution in [3.8, 4) is 5.75 Å². The molecule has 1 atom stereocenters. The van der Waals surface area contributed by atoms with Crippen molar-refractivity contribution in [2.75, 3.05) is 5.32 Å². The first-order valence-electron chi connectivity index (χ1n) is 11.1. The lowest BCUT2D eigenvalue weighted by Gasteiger charge is -2.29. The molecule has 0 saturated heterocycles. The lowest BCUT2D eigenvalue weighted by molar-refractivity contribution is -0.114. The van der Waals surface area contributed by atoms with Crippen LogP contribution in [0.5, 0.6) is 5.75 Å². The van der Waals surface area contributed by atoms with Gasteiger partial charge in [0.25, 0.3) is 5.91 Å². The van der Waals surface area contributed by atoms with E-state index in [1.807, 2.05) is 13.8 Å². The second-order valence-corrected chi connectivity index (χ2v) is 10.0. The summed E-state index contributed by atoms with van der Waals surface area (Å²) < 4.78 is 30.5. The van der Waals surface area contributed by atoms with E-state index in [1.54, 1.807) is 53.4 Å². The molecular weight excluding hydrogens is 488 g/mol. The Morgan fingerprint density at radius 2 is 1.63 bits per heavy atom. The van der Waals surface area contributed by atoms with Crippen molar-refractivity contribution in [3.63, 3.8) is 0 Å². The molecule has 3 aromatic carbocycles. The summed E-state index contributed by atoms with van der Waals surface area (Å²) in [5, 5.41) is 2.97. The second-order valence-electron chi connectivity index (χ2n) is 8.06. The number of carbonyl (C=O) groups excluding carboxylic acids is 2. The number of nitrogens with one attached hydrogen (secondary N) is 1. The van der Waals surface area contributed by atoms with Gasteiger partial charge in [-0.1, -0.05) is 42.8 Å². The van der Waals surface area contributed by atoms with Crippen molar-refractivity contribution < 1.29 is 22.2 Å². The lowest BCUT2D eigenvalue weighted by Crippen LogP contribution is -2.37. The summed E-state index contributed by atoms with van der Waals surface area (Å²) in [5.41, 5.74) is 1.73. The van der Waals surface area contributed by atoms with E-state index in [2.05, 4.69) is 5.32 Å². The Hall–Kier alpha value is -3.36. The van der Waals surface area contributed by atoms with Gasteiger partial charge >= 0.3 is 10.1 Å². The van der Waals surface area contributed by atoms with Crippen molar-refractivity contribution in [1.82, 2.24) is 4.90 Å². The quantitative estimate of drug-likeness (QED) is 0.380. The lowest BCUT2D eigenvalue weighted by atomic mass is 10.1. The molecule has 1 unspecified atom stereocenters. The first-order valence-corrected chi connectivity index (χ1v) is 12.9. The first-order chi connectivity index (χ1) is 16.6. The van der Waals surface area contributed by atoms with Crippen LogP contribution in [0, 0.1) is 0 Å². The van der Waals surface area contributed by atoms with Gasteiger partial charge in [-0.2, -0.15) is 8.42 Å². The fourth-order valence-electron chi connectivity index (χ4n) is 3.37. The van der Waals surface area contributed by atoms with Crippen LogP contribution in [0.4, 0.5) is 5.69 Å². The zero-order valence-electron chi connectivity index (χ0n) is 19.7. The largest absolute Gasteiger partial charge is 0.379 e. The van der Waals surface area contributed by atoms with Crippen LogP contribution in [-0.2, 0) is 21.5 Å². The third kappa shape index (κ3) is 6.83. The van der Waals surface area contributed by atoms with E-state index in [4.69, 9.17) is 15.8 Å². The van der Waals surface area contributed by atoms with Crippen molar-refractivity contribution in [2.24, 2.45) is 0 Å². The fourth-order valence-corrected chi connectivity index (χ4v) is 4.51. The average Bonchev–Trinajstić information content (AvgIpc) is 2.83. The van der Waals surface area contributed by atoms with Crippen LogP contribution >= 0.6 is 11.6 Å². The molecule has 0 aliphatic carbocycles. The molecule has 2 amide bonds. The van der Waals surface area contributed by atoms with Crippen LogP contribution in [0.3, 0.4) is 0 Å². The molecule has 35 heavy (non-hydrogen) atoms. The van der Waals surface area contributed by atoms with Gasteiger partial charge in [-0.15, -0.1) is 0 Å². The van der Waals surface area contributed by atoms with Crippen LogP contribution in [0.15, 0.2) is 77.7 Å². The van der Waals surface area contributed by atoms with E-state index < -0.39 is 10.1 Å². The van der Waals surface area contributed by atoms with Crippen LogP contribution in [0.2, 0.25) is 5.02 Å². The number of amides is 2. The van der Waals surface area contributed by atoms with Gasteiger partial charge in [-0.05, 0) is 67.4 Å². The van der Waals surface area contributed by atoms with E-state index in [0.717, 1.165) is 12.0 Å². The van der Waals surface area contributed by atoms with Crippen molar-refractivity contribution in [1.29, 1.82) is 0 Å². The molecule has 0 saturated carbocycles. The molecule has 0 aliphatic rings. The third-order valence-corrected chi connectivity index (χ3v) is 7.02.